The molecule has 0 aromatic carbocycles. The second-order valence-electron chi connectivity index (χ2n) is 5.99. The van der Waals surface area contributed by atoms with Gasteiger partial charge in [0, 0.05) is 36.3 Å². The number of nitrogens with one attached hydrogen (secondary N) is 1. The van der Waals surface area contributed by atoms with Crippen molar-refractivity contribution in [2.45, 2.75) is 32.7 Å². The van der Waals surface area contributed by atoms with Crippen LogP contribution in [0.3, 0.4) is 0 Å². The Labute approximate surface area is 134 Å². The number of aliphatic hydroxyl groups excluding tert-OH is 1. The third-order valence-corrected chi connectivity index (χ3v) is 5.10. The van der Waals surface area contributed by atoms with E-state index in [0.717, 1.165) is 29.1 Å². The smallest absolute Gasteiger partial charge is 0.270 e. The first-order valence-electron chi connectivity index (χ1n) is 7.61. The first-order chi connectivity index (χ1) is 10.6. The van der Waals surface area contributed by atoms with Crippen molar-refractivity contribution in [1.29, 1.82) is 0 Å². The first kappa shape index (κ1) is 15.2. The number of thiazole rings is 1. The summed E-state index contributed by atoms with van der Waals surface area (Å²) in [5.74, 6) is 0.194. The van der Waals surface area contributed by atoms with Crippen LogP contribution in [0.2, 0.25) is 0 Å². The minimum atomic E-state index is 0.00357. The average molecular weight is 319 g/mol. The third-order valence-electron chi connectivity index (χ3n) is 4.33. The van der Waals surface area contributed by atoms with Gasteiger partial charge < -0.3 is 15.0 Å². The van der Waals surface area contributed by atoms with Gasteiger partial charge in [0.25, 0.3) is 5.91 Å². The molecule has 1 saturated heterocycles. The Morgan fingerprint density at radius 2 is 2.36 bits per heavy atom. The summed E-state index contributed by atoms with van der Waals surface area (Å²) in [5, 5.41) is 12.4. The molecule has 0 aliphatic carbocycles. The zero-order chi connectivity index (χ0) is 15.7. The zero-order valence-corrected chi connectivity index (χ0v) is 13.7. The number of aryl methyl sites for hydroxylation is 1. The van der Waals surface area contributed by atoms with E-state index in [-0.39, 0.29) is 24.5 Å². The summed E-state index contributed by atoms with van der Waals surface area (Å²) in [6, 6.07) is 2.08. The molecule has 2 aromatic rings. The molecule has 6 heteroatoms. The van der Waals surface area contributed by atoms with E-state index in [1.165, 1.54) is 0 Å². The summed E-state index contributed by atoms with van der Waals surface area (Å²) >= 11 is 1.60. The van der Waals surface area contributed by atoms with Gasteiger partial charge in [-0.05, 0) is 38.7 Å². The second-order valence-corrected chi connectivity index (χ2v) is 7.05. The molecule has 2 N–H and O–H groups in total. The van der Waals surface area contributed by atoms with Gasteiger partial charge >= 0.3 is 0 Å². The monoisotopic (exact) mass is 319 g/mol. The number of rotatable bonds is 3. The lowest BCUT2D eigenvalue weighted by Crippen LogP contribution is -2.46. The van der Waals surface area contributed by atoms with Crippen molar-refractivity contribution in [2.24, 2.45) is 5.92 Å². The van der Waals surface area contributed by atoms with Gasteiger partial charge in [-0.3, -0.25) is 4.79 Å². The number of hydrogen-bond acceptors (Lipinski definition) is 4. The molecule has 3 rings (SSSR count). The number of H-pyrrole nitrogens is 1. The minimum absolute atomic E-state index is 0.00357. The highest BCUT2D eigenvalue weighted by molar-refractivity contribution is 7.09. The SMILES string of the molecule is Cc1nc(-c2c[nH]c(C(=O)N3CC(CO)CCC3C)c2)cs1. The van der Waals surface area contributed by atoms with Crippen LogP contribution in [0.5, 0.6) is 0 Å². The van der Waals surface area contributed by atoms with E-state index in [4.69, 9.17) is 0 Å². The molecular weight excluding hydrogens is 298 g/mol. The molecule has 5 nitrogen and oxygen atoms in total. The summed E-state index contributed by atoms with van der Waals surface area (Å²) in [6.45, 7) is 4.81. The molecule has 3 heterocycles. The Morgan fingerprint density at radius 3 is 3.05 bits per heavy atom. The average Bonchev–Trinajstić information content (AvgIpc) is 3.16. The second kappa shape index (κ2) is 6.22. The van der Waals surface area contributed by atoms with Crippen LogP contribution in [-0.4, -0.2) is 45.1 Å². The molecule has 1 aliphatic heterocycles. The fourth-order valence-corrected chi connectivity index (χ4v) is 3.55. The maximum atomic E-state index is 12.7. The Morgan fingerprint density at radius 1 is 1.55 bits per heavy atom. The zero-order valence-electron chi connectivity index (χ0n) is 12.9. The normalized spacial score (nSPS) is 22.0. The standard InChI is InChI=1S/C16H21N3O2S/c1-10-3-4-12(8-20)7-19(10)16(21)14-5-13(6-17-14)15-9-22-11(2)18-15/h5-6,9-10,12,17,20H,3-4,7-8H2,1-2H3. The third kappa shape index (κ3) is 2.94. The highest BCUT2D eigenvalue weighted by atomic mass is 32.1. The number of hydrogen-bond donors (Lipinski definition) is 2. The maximum absolute atomic E-state index is 12.7. The van der Waals surface area contributed by atoms with Crippen LogP contribution in [0.15, 0.2) is 17.6 Å². The fourth-order valence-electron chi connectivity index (χ4n) is 2.93. The molecule has 0 bridgehead atoms. The predicted octanol–water partition coefficient (Wildman–Crippen LogP) is 2.68. The Hall–Kier alpha value is -1.66. The van der Waals surface area contributed by atoms with Gasteiger partial charge in [-0.1, -0.05) is 0 Å². The highest BCUT2D eigenvalue weighted by Gasteiger charge is 2.29. The van der Waals surface area contributed by atoms with Crippen molar-refractivity contribution in [3.8, 4) is 11.3 Å². The number of nitrogens with zero attached hydrogens (tertiary/aromatic N) is 2. The number of carbonyl (C=O) groups excluding carboxylic acids is 1. The van der Waals surface area contributed by atoms with Crippen LogP contribution in [-0.2, 0) is 0 Å². The van der Waals surface area contributed by atoms with Gasteiger partial charge in [-0.2, -0.15) is 0 Å². The first-order valence-corrected chi connectivity index (χ1v) is 8.49. The molecule has 2 aromatic heterocycles. The van der Waals surface area contributed by atoms with E-state index in [1.807, 2.05) is 29.5 Å². The fraction of sp³-hybridized carbons (Fsp3) is 0.500. The van der Waals surface area contributed by atoms with Crippen LogP contribution in [0.25, 0.3) is 11.3 Å². The number of carbonyl (C=O) groups is 1. The molecule has 2 atom stereocenters. The lowest BCUT2D eigenvalue weighted by Gasteiger charge is -2.37. The Balaban J connectivity index is 1.78. The number of aromatic nitrogens is 2. The summed E-state index contributed by atoms with van der Waals surface area (Å²) in [4.78, 5) is 22.1. The van der Waals surface area contributed by atoms with Crippen molar-refractivity contribution in [3.63, 3.8) is 0 Å². The summed E-state index contributed by atoms with van der Waals surface area (Å²) in [5.41, 5.74) is 2.43. The van der Waals surface area contributed by atoms with Crippen molar-refractivity contribution < 1.29 is 9.90 Å². The molecule has 118 valence electrons. The van der Waals surface area contributed by atoms with Gasteiger partial charge in [0.05, 0.1) is 10.7 Å². The van der Waals surface area contributed by atoms with E-state index in [2.05, 4.69) is 16.9 Å². The van der Waals surface area contributed by atoms with E-state index >= 15 is 0 Å². The van der Waals surface area contributed by atoms with E-state index in [9.17, 15) is 9.90 Å². The topological polar surface area (TPSA) is 69.2 Å². The van der Waals surface area contributed by atoms with Gasteiger partial charge in [-0.15, -0.1) is 11.3 Å². The van der Waals surface area contributed by atoms with Crippen molar-refractivity contribution in [2.75, 3.05) is 13.2 Å². The van der Waals surface area contributed by atoms with Crippen molar-refractivity contribution in [3.05, 3.63) is 28.3 Å². The molecule has 0 radical (unpaired) electrons. The molecule has 22 heavy (non-hydrogen) atoms. The van der Waals surface area contributed by atoms with Crippen molar-refractivity contribution >= 4 is 17.2 Å². The van der Waals surface area contributed by atoms with Gasteiger partial charge in [0.15, 0.2) is 0 Å². The molecule has 0 spiro atoms. The van der Waals surface area contributed by atoms with Gasteiger partial charge in [0.1, 0.15) is 5.69 Å². The van der Waals surface area contributed by atoms with Crippen LogP contribution in [0.1, 0.15) is 35.3 Å². The lowest BCUT2D eigenvalue weighted by atomic mass is 9.94. The van der Waals surface area contributed by atoms with Crippen LogP contribution >= 0.6 is 11.3 Å². The van der Waals surface area contributed by atoms with E-state index in [0.29, 0.717) is 12.2 Å². The highest BCUT2D eigenvalue weighted by Crippen LogP contribution is 2.26. The summed E-state index contributed by atoms with van der Waals surface area (Å²) in [7, 11) is 0. The van der Waals surface area contributed by atoms with Gasteiger partial charge in [0.2, 0.25) is 0 Å². The number of aromatic amines is 1. The molecule has 1 aliphatic rings. The minimum Gasteiger partial charge on any atom is -0.396 e. The molecular formula is C16H21N3O2S. The summed E-state index contributed by atoms with van der Waals surface area (Å²) in [6.07, 6.45) is 3.76. The number of aliphatic hydroxyl groups is 1. The summed E-state index contributed by atoms with van der Waals surface area (Å²) < 4.78 is 0. The van der Waals surface area contributed by atoms with E-state index in [1.54, 1.807) is 11.3 Å². The number of likely N-dealkylation sites (tertiary alicyclic amines) is 1. The van der Waals surface area contributed by atoms with Crippen LogP contribution in [0.4, 0.5) is 0 Å². The lowest BCUT2D eigenvalue weighted by molar-refractivity contribution is 0.0484. The molecule has 0 saturated carbocycles. The quantitative estimate of drug-likeness (QED) is 0.914. The maximum Gasteiger partial charge on any atom is 0.270 e. The van der Waals surface area contributed by atoms with Crippen LogP contribution in [0, 0.1) is 12.8 Å². The Bertz CT molecular complexity index is 664. The number of piperidine rings is 1. The van der Waals surface area contributed by atoms with E-state index < -0.39 is 0 Å². The predicted molar refractivity (Wildman–Crippen MR) is 86.9 cm³/mol. The molecule has 1 amide bonds. The van der Waals surface area contributed by atoms with Crippen LogP contribution < -0.4 is 0 Å². The molecule has 1 fully saturated rings. The molecule has 2 unspecified atom stereocenters. The van der Waals surface area contributed by atoms with Gasteiger partial charge in [-0.25, -0.2) is 4.98 Å². The largest absolute Gasteiger partial charge is 0.396 e. The number of amides is 1. The van der Waals surface area contributed by atoms with Crippen molar-refractivity contribution in [1.82, 2.24) is 14.9 Å². The Kier molecular flexibility index (Phi) is 4.31.